The molecular formula is C37H29N4OPt2-3. The summed E-state index contributed by atoms with van der Waals surface area (Å²) >= 11 is 0. The maximum absolute atomic E-state index is 6.57. The fourth-order valence-corrected chi connectivity index (χ4v) is 4.07. The first-order valence-corrected chi connectivity index (χ1v) is 13.4. The van der Waals surface area contributed by atoms with Gasteiger partial charge in [0.25, 0.3) is 0 Å². The number of nitrogens with zero attached hydrogens (tertiary/aromatic N) is 4. The minimum Gasteiger partial charge on any atom is -0.669 e. The SMILES string of the molecule is CN1C=CN(c2[c-]c(Oc3[c-]c(-c4[c-]c(-c5[c-]cccc5)ccn4)[c-]c(C(C)(C)C)c3)ccc2)[CH-]1.[C-]#Cn1cccc1.[Pt+4].[Pt]. The third-order valence-electron chi connectivity index (χ3n) is 6.28. The number of ether oxygens (including phenoxy) is 1. The second kappa shape index (κ2) is 15.8. The molecule has 0 saturated heterocycles. The van der Waals surface area contributed by atoms with E-state index in [0.717, 1.165) is 22.4 Å². The molecule has 0 radical (unpaired) electrons. The van der Waals surface area contributed by atoms with E-state index < -0.39 is 0 Å². The fourth-order valence-electron chi connectivity index (χ4n) is 4.07. The summed E-state index contributed by atoms with van der Waals surface area (Å²) < 4.78 is 7.80. The van der Waals surface area contributed by atoms with Crippen LogP contribution in [-0.4, -0.2) is 21.5 Å². The Hall–Kier alpha value is -3.83. The van der Waals surface area contributed by atoms with Gasteiger partial charge in [-0.05, 0) is 43.2 Å². The van der Waals surface area contributed by atoms with Crippen molar-refractivity contribution in [3.8, 4) is 39.9 Å². The van der Waals surface area contributed by atoms with Gasteiger partial charge in [-0.2, -0.15) is 54.8 Å². The molecule has 7 heteroatoms. The molecule has 0 unspecified atom stereocenters. The Balaban J connectivity index is 0.000000520. The predicted octanol–water partition coefficient (Wildman–Crippen LogP) is 7.73. The van der Waals surface area contributed by atoms with E-state index in [1.54, 1.807) is 23.2 Å². The van der Waals surface area contributed by atoms with Gasteiger partial charge >= 0.3 is 21.1 Å². The third-order valence-corrected chi connectivity index (χ3v) is 6.28. The van der Waals surface area contributed by atoms with Crippen molar-refractivity contribution in [3.05, 3.63) is 147 Å². The van der Waals surface area contributed by atoms with E-state index in [9.17, 15) is 0 Å². The van der Waals surface area contributed by atoms with Gasteiger partial charge in [0.1, 0.15) is 0 Å². The smallest absolute Gasteiger partial charge is 0.669 e. The summed E-state index contributed by atoms with van der Waals surface area (Å²) in [7, 11) is 1.98. The zero-order chi connectivity index (χ0) is 29.5. The molecule has 1 aliphatic rings. The number of pyridine rings is 1. The van der Waals surface area contributed by atoms with Gasteiger partial charge in [0.05, 0.1) is 0 Å². The molecule has 1 aliphatic heterocycles. The van der Waals surface area contributed by atoms with Crippen molar-refractivity contribution >= 4 is 5.69 Å². The monoisotopic (exact) mass is 935 g/mol. The number of hydrogen-bond acceptors (Lipinski definition) is 4. The normalized spacial score (nSPS) is 11.9. The van der Waals surface area contributed by atoms with Crippen molar-refractivity contribution in [2.75, 3.05) is 11.9 Å². The van der Waals surface area contributed by atoms with Gasteiger partial charge in [-0.25, -0.2) is 22.7 Å². The Bertz CT molecular complexity index is 1700. The maximum Gasteiger partial charge on any atom is 4.00 e. The number of hydrogen-bond donors (Lipinski definition) is 0. The van der Waals surface area contributed by atoms with Gasteiger partial charge in [0, 0.05) is 39.2 Å². The molecule has 2 aromatic heterocycles. The third kappa shape index (κ3) is 9.09. The van der Waals surface area contributed by atoms with Crippen LogP contribution in [0.2, 0.25) is 0 Å². The molecule has 44 heavy (non-hydrogen) atoms. The average Bonchev–Trinajstić information content (AvgIpc) is 3.70. The molecular weight excluding hydrogens is 907 g/mol. The summed E-state index contributed by atoms with van der Waals surface area (Å²) in [5, 5.41) is 0. The minimum absolute atomic E-state index is 0. The van der Waals surface area contributed by atoms with Crippen LogP contribution in [0.4, 0.5) is 5.69 Å². The van der Waals surface area contributed by atoms with Gasteiger partial charge in [-0.1, -0.05) is 26.5 Å². The molecule has 0 fully saturated rings. The Morgan fingerprint density at radius 3 is 2.32 bits per heavy atom. The van der Waals surface area contributed by atoms with E-state index in [-0.39, 0.29) is 47.5 Å². The van der Waals surface area contributed by atoms with Crippen LogP contribution < -0.4 is 9.64 Å². The summed E-state index contributed by atoms with van der Waals surface area (Å²) in [4.78, 5) is 8.54. The number of anilines is 1. The van der Waals surface area contributed by atoms with E-state index in [1.807, 2.05) is 103 Å². The second-order valence-corrected chi connectivity index (χ2v) is 10.6. The quantitative estimate of drug-likeness (QED) is 0.134. The van der Waals surface area contributed by atoms with Crippen LogP contribution in [0.1, 0.15) is 26.3 Å². The van der Waals surface area contributed by atoms with Gasteiger partial charge in [-0.15, -0.1) is 30.0 Å². The predicted molar refractivity (Wildman–Crippen MR) is 165 cm³/mol. The van der Waals surface area contributed by atoms with Crippen molar-refractivity contribution in [2.24, 2.45) is 0 Å². The summed E-state index contributed by atoms with van der Waals surface area (Å²) in [6, 6.07) is 40.3. The van der Waals surface area contributed by atoms with E-state index in [2.05, 4.69) is 62.1 Å². The first kappa shape index (κ1) is 34.7. The number of aromatic nitrogens is 2. The molecule has 6 rings (SSSR count). The summed E-state index contributed by atoms with van der Waals surface area (Å²) in [6.45, 7) is 8.43. The zero-order valence-corrected chi connectivity index (χ0v) is 29.2. The zero-order valence-electron chi connectivity index (χ0n) is 24.6. The second-order valence-electron chi connectivity index (χ2n) is 10.6. The van der Waals surface area contributed by atoms with E-state index in [0.29, 0.717) is 22.8 Å². The van der Waals surface area contributed by atoms with Crippen molar-refractivity contribution in [2.45, 2.75) is 26.2 Å². The molecule has 0 atom stereocenters. The topological polar surface area (TPSA) is 33.5 Å². The van der Waals surface area contributed by atoms with Crippen LogP contribution in [0.15, 0.2) is 97.7 Å². The van der Waals surface area contributed by atoms with Crippen LogP contribution >= 0.6 is 0 Å². The molecule has 3 heterocycles. The molecule has 0 N–H and O–H groups in total. The number of benzene rings is 3. The Morgan fingerprint density at radius 2 is 1.68 bits per heavy atom. The van der Waals surface area contributed by atoms with Gasteiger partial charge in [0.15, 0.2) is 0 Å². The van der Waals surface area contributed by atoms with Crippen LogP contribution in [-0.2, 0) is 47.5 Å². The van der Waals surface area contributed by atoms with Crippen molar-refractivity contribution in [3.63, 3.8) is 0 Å². The summed E-state index contributed by atoms with van der Waals surface area (Å²) in [5.41, 5.74) is 5.00. The van der Waals surface area contributed by atoms with Crippen molar-refractivity contribution < 1.29 is 46.9 Å². The minimum atomic E-state index is -0.141. The van der Waals surface area contributed by atoms with E-state index in [1.165, 1.54) is 0 Å². The molecule has 5 aromatic rings. The first-order valence-electron chi connectivity index (χ1n) is 13.4. The molecule has 226 valence electrons. The van der Waals surface area contributed by atoms with Crippen molar-refractivity contribution in [1.82, 2.24) is 14.5 Å². The Kier molecular flexibility index (Phi) is 12.4. The van der Waals surface area contributed by atoms with E-state index in [4.69, 9.17) is 11.2 Å². The Morgan fingerprint density at radius 1 is 0.886 bits per heavy atom. The molecule has 0 saturated carbocycles. The van der Waals surface area contributed by atoms with Crippen LogP contribution in [0.25, 0.3) is 22.4 Å². The van der Waals surface area contributed by atoms with E-state index >= 15 is 0 Å². The van der Waals surface area contributed by atoms with Crippen LogP contribution in [0.5, 0.6) is 11.5 Å². The molecule has 0 amide bonds. The molecule has 3 aromatic carbocycles. The number of rotatable bonds is 5. The summed E-state index contributed by atoms with van der Waals surface area (Å²) in [6.07, 6.45) is 15.8. The molecule has 5 nitrogen and oxygen atoms in total. The molecule has 0 aliphatic carbocycles. The van der Waals surface area contributed by atoms with Crippen molar-refractivity contribution in [1.29, 1.82) is 0 Å². The Labute approximate surface area is 290 Å². The maximum atomic E-state index is 6.57. The summed E-state index contributed by atoms with van der Waals surface area (Å²) in [5.74, 6) is 1.19. The van der Waals surface area contributed by atoms with Crippen LogP contribution in [0.3, 0.4) is 0 Å². The van der Waals surface area contributed by atoms with Gasteiger partial charge in [-0.3, -0.25) is 12.1 Å². The average molecular weight is 936 g/mol. The van der Waals surface area contributed by atoms with Gasteiger partial charge < -0.3 is 42.1 Å². The first-order chi connectivity index (χ1) is 20.3. The fraction of sp³-hybridized carbons (Fsp3) is 0.135. The van der Waals surface area contributed by atoms with Crippen LogP contribution in [0, 0.1) is 49.5 Å². The molecule has 0 spiro atoms. The van der Waals surface area contributed by atoms with Gasteiger partial charge in [0.2, 0.25) is 0 Å². The standard InChI is InChI=1S/C31H25N3O.C6H4N.2Pt/c1-31(2,3)26-17-25(30-19-24(13-14-32-30)23-9-6-5-7-10-23)18-29(20-26)35-28-12-8-11-27(21-28)34-16-15-33(4)22-34;1-2-7-5-3-4-6-7;;/h5-9,11-16,20,22H,1-4H3;3-6H;;/q-6;-1;;+4. The largest absolute Gasteiger partial charge is 4.00 e. The molecule has 0 bridgehead atoms.